The number of ether oxygens (including phenoxy) is 1. The summed E-state index contributed by atoms with van der Waals surface area (Å²) in [4.78, 5) is 4.36. The molecule has 0 saturated heterocycles. The van der Waals surface area contributed by atoms with Crippen LogP contribution in [-0.4, -0.2) is 12.1 Å². The van der Waals surface area contributed by atoms with Crippen molar-refractivity contribution in [2.24, 2.45) is 0 Å². The Kier molecular flexibility index (Phi) is 3.19. The molecular formula is C9H14NOP. The van der Waals surface area contributed by atoms with Crippen LogP contribution in [0.2, 0.25) is 0 Å². The summed E-state index contributed by atoms with van der Waals surface area (Å²) < 4.78 is 5.15. The van der Waals surface area contributed by atoms with E-state index in [4.69, 9.17) is 4.74 Å². The van der Waals surface area contributed by atoms with Gasteiger partial charge in [-0.1, -0.05) is 9.24 Å². The third-order valence-corrected chi connectivity index (χ3v) is 2.28. The molecule has 0 fully saturated rings. The monoisotopic (exact) mass is 183 g/mol. The molecule has 0 aromatic carbocycles. The van der Waals surface area contributed by atoms with Crippen molar-refractivity contribution in [3.05, 3.63) is 29.1 Å². The van der Waals surface area contributed by atoms with Crippen molar-refractivity contribution < 1.29 is 4.74 Å². The maximum Gasteiger partial charge on any atom is 0.112 e. The van der Waals surface area contributed by atoms with Crippen LogP contribution in [0.5, 0.6) is 0 Å². The zero-order chi connectivity index (χ0) is 9.14. The van der Waals surface area contributed by atoms with Crippen molar-refractivity contribution in [3.63, 3.8) is 0 Å². The first-order chi connectivity index (χ1) is 5.63. The fourth-order valence-corrected chi connectivity index (χ4v) is 1.31. The first-order valence-corrected chi connectivity index (χ1v) is 4.53. The lowest BCUT2D eigenvalue weighted by atomic mass is 10.2. The molecular weight excluding hydrogens is 169 g/mol. The SMILES string of the molecule is COC(P)c1cc(C)cc(C)n1. The molecule has 1 aromatic rings. The van der Waals surface area contributed by atoms with Crippen molar-refractivity contribution in [1.29, 1.82) is 0 Å². The first kappa shape index (κ1) is 9.63. The summed E-state index contributed by atoms with van der Waals surface area (Å²) in [5.74, 6) is 0.00333. The Morgan fingerprint density at radius 2 is 2.08 bits per heavy atom. The molecule has 0 saturated carbocycles. The first-order valence-electron chi connectivity index (χ1n) is 3.87. The van der Waals surface area contributed by atoms with Gasteiger partial charge in [0.25, 0.3) is 0 Å². The molecule has 0 aliphatic carbocycles. The molecule has 1 aromatic heterocycles. The van der Waals surface area contributed by atoms with Gasteiger partial charge >= 0.3 is 0 Å². The Morgan fingerprint density at radius 1 is 1.42 bits per heavy atom. The van der Waals surface area contributed by atoms with Gasteiger partial charge in [-0.25, -0.2) is 0 Å². The summed E-state index contributed by atoms with van der Waals surface area (Å²) in [6, 6.07) is 4.09. The van der Waals surface area contributed by atoms with E-state index in [1.54, 1.807) is 7.11 Å². The number of nitrogens with zero attached hydrogens (tertiary/aromatic N) is 1. The van der Waals surface area contributed by atoms with Crippen molar-refractivity contribution in [2.75, 3.05) is 7.11 Å². The summed E-state index contributed by atoms with van der Waals surface area (Å²) in [7, 11) is 4.29. The lowest BCUT2D eigenvalue weighted by Gasteiger charge is -2.09. The summed E-state index contributed by atoms with van der Waals surface area (Å²) in [5, 5.41) is 0. The summed E-state index contributed by atoms with van der Waals surface area (Å²) >= 11 is 0. The van der Waals surface area contributed by atoms with Gasteiger partial charge in [0.2, 0.25) is 0 Å². The molecule has 2 nitrogen and oxygen atoms in total. The average molecular weight is 183 g/mol. The third-order valence-electron chi connectivity index (χ3n) is 1.66. The predicted octanol–water partition coefficient (Wildman–Crippen LogP) is 2.22. The van der Waals surface area contributed by atoms with E-state index in [1.807, 2.05) is 13.0 Å². The van der Waals surface area contributed by atoms with E-state index in [0.717, 1.165) is 11.4 Å². The largest absolute Gasteiger partial charge is 0.371 e. The number of rotatable bonds is 2. The number of aryl methyl sites for hydroxylation is 2. The standard InChI is InChI=1S/C9H14NOP/c1-6-4-7(2)10-8(5-6)9(12)11-3/h4-5,9H,12H2,1-3H3. The second-order valence-electron chi connectivity index (χ2n) is 2.87. The van der Waals surface area contributed by atoms with Crippen LogP contribution in [0.4, 0.5) is 0 Å². The van der Waals surface area contributed by atoms with Gasteiger partial charge < -0.3 is 4.74 Å². The molecule has 12 heavy (non-hydrogen) atoms. The maximum absolute atomic E-state index is 5.15. The molecule has 3 heteroatoms. The second kappa shape index (κ2) is 3.97. The van der Waals surface area contributed by atoms with Crippen LogP contribution in [-0.2, 0) is 4.74 Å². The van der Waals surface area contributed by atoms with Gasteiger partial charge in [0, 0.05) is 12.8 Å². The van der Waals surface area contributed by atoms with Gasteiger partial charge in [-0.3, -0.25) is 4.98 Å². The average Bonchev–Trinajstić information content (AvgIpc) is 2.01. The number of hydrogen-bond donors (Lipinski definition) is 0. The minimum Gasteiger partial charge on any atom is -0.371 e. The molecule has 1 heterocycles. The van der Waals surface area contributed by atoms with E-state index in [2.05, 4.69) is 27.2 Å². The van der Waals surface area contributed by atoms with Gasteiger partial charge in [-0.2, -0.15) is 0 Å². The zero-order valence-corrected chi connectivity index (χ0v) is 8.82. The number of aromatic nitrogens is 1. The minimum absolute atomic E-state index is 0.00333. The van der Waals surface area contributed by atoms with Gasteiger partial charge in [-0.15, -0.1) is 0 Å². The van der Waals surface area contributed by atoms with E-state index in [9.17, 15) is 0 Å². The van der Waals surface area contributed by atoms with Crippen LogP contribution >= 0.6 is 9.24 Å². The van der Waals surface area contributed by atoms with Gasteiger partial charge in [-0.05, 0) is 31.5 Å². The smallest absolute Gasteiger partial charge is 0.112 e. The highest BCUT2D eigenvalue weighted by Gasteiger charge is 2.05. The van der Waals surface area contributed by atoms with Crippen LogP contribution < -0.4 is 0 Å². The van der Waals surface area contributed by atoms with Gasteiger partial charge in [0.05, 0.1) is 5.69 Å². The van der Waals surface area contributed by atoms with Crippen molar-refractivity contribution in [3.8, 4) is 0 Å². The summed E-state index contributed by atoms with van der Waals surface area (Å²) in [6.45, 7) is 4.05. The van der Waals surface area contributed by atoms with Crippen LogP contribution in [0.3, 0.4) is 0 Å². The maximum atomic E-state index is 5.15. The summed E-state index contributed by atoms with van der Waals surface area (Å²) in [6.07, 6.45) is 0. The highest BCUT2D eigenvalue weighted by atomic mass is 31.0. The molecule has 0 bridgehead atoms. The van der Waals surface area contributed by atoms with Crippen LogP contribution in [0.1, 0.15) is 22.8 Å². The fraction of sp³-hybridized carbons (Fsp3) is 0.444. The molecule has 2 unspecified atom stereocenters. The lowest BCUT2D eigenvalue weighted by Crippen LogP contribution is -1.98. The van der Waals surface area contributed by atoms with Crippen LogP contribution in [0.25, 0.3) is 0 Å². The van der Waals surface area contributed by atoms with E-state index < -0.39 is 0 Å². The lowest BCUT2D eigenvalue weighted by molar-refractivity contribution is 0.171. The molecule has 2 atom stereocenters. The van der Waals surface area contributed by atoms with Crippen LogP contribution in [0, 0.1) is 13.8 Å². The highest BCUT2D eigenvalue weighted by molar-refractivity contribution is 7.16. The molecule has 0 aliphatic rings. The van der Waals surface area contributed by atoms with E-state index in [0.29, 0.717) is 0 Å². The molecule has 0 N–H and O–H groups in total. The van der Waals surface area contributed by atoms with Gasteiger partial charge in [0.1, 0.15) is 5.85 Å². The molecule has 0 spiro atoms. The predicted molar refractivity (Wildman–Crippen MR) is 53.2 cm³/mol. The molecule has 66 valence electrons. The van der Waals surface area contributed by atoms with Crippen molar-refractivity contribution in [2.45, 2.75) is 19.7 Å². The van der Waals surface area contributed by atoms with Crippen molar-refractivity contribution in [1.82, 2.24) is 4.98 Å². The number of pyridine rings is 1. The molecule has 0 amide bonds. The van der Waals surface area contributed by atoms with E-state index in [-0.39, 0.29) is 5.85 Å². The Balaban J connectivity index is 3.00. The fourth-order valence-electron chi connectivity index (χ4n) is 1.14. The van der Waals surface area contributed by atoms with E-state index in [1.165, 1.54) is 5.56 Å². The molecule has 1 rings (SSSR count). The normalized spacial score (nSPS) is 13.0. The topological polar surface area (TPSA) is 22.1 Å². The van der Waals surface area contributed by atoms with Crippen LogP contribution in [0.15, 0.2) is 12.1 Å². The quantitative estimate of drug-likeness (QED) is 0.656. The molecule has 0 aliphatic heterocycles. The van der Waals surface area contributed by atoms with Crippen molar-refractivity contribution >= 4 is 9.24 Å². The second-order valence-corrected chi connectivity index (χ2v) is 3.47. The Morgan fingerprint density at radius 3 is 2.58 bits per heavy atom. The summed E-state index contributed by atoms with van der Waals surface area (Å²) in [5.41, 5.74) is 3.23. The molecule has 0 radical (unpaired) electrons. The highest BCUT2D eigenvalue weighted by Crippen LogP contribution is 2.22. The van der Waals surface area contributed by atoms with Gasteiger partial charge in [0.15, 0.2) is 0 Å². The number of hydrogen-bond acceptors (Lipinski definition) is 2. The Bertz CT molecular complexity index is 255. The third kappa shape index (κ3) is 2.26. The zero-order valence-electron chi connectivity index (χ0n) is 7.66. The minimum atomic E-state index is 0.00333. The van der Waals surface area contributed by atoms with E-state index >= 15 is 0 Å². The Hall–Kier alpha value is -0.460. The number of methoxy groups -OCH3 is 1. The Labute approximate surface area is 75.6 Å².